The Hall–Kier alpha value is -2.84. The maximum absolute atomic E-state index is 12.8. The summed E-state index contributed by atoms with van der Waals surface area (Å²) in [5, 5.41) is 5.71. The van der Waals surface area contributed by atoms with E-state index in [0.29, 0.717) is 36.6 Å². The number of aromatic nitrogens is 1. The molecule has 0 saturated carbocycles. The molecule has 0 unspecified atom stereocenters. The molecule has 2 amide bonds. The van der Waals surface area contributed by atoms with Crippen LogP contribution in [0.1, 0.15) is 45.4 Å². The highest BCUT2D eigenvalue weighted by atomic mass is 32.2. The number of anilines is 1. The number of thiazole rings is 1. The van der Waals surface area contributed by atoms with Crippen LogP contribution in [0.25, 0.3) is 0 Å². The number of likely N-dealkylation sites (tertiary alicyclic amines) is 1. The SMILES string of the molecule is COc1cccc(C)c1NC(=O)c1csc(C2CCN(C(=O)Cc3ccc(SC)cc3)CC2)n1. The number of thioether (sulfide) groups is 1. The van der Waals surface area contributed by atoms with Crippen LogP contribution >= 0.6 is 23.1 Å². The van der Waals surface area contributed by atoms with Gasteiger partial charge in [0.15, 0.2) is 0 Å². The molecule has 1 N–H and O–H groups in total. The van der Waals surface area contributed by atoms with Gasteiger partial charge in [-0.25, -0.2) is 4.98 Å². The van der Waals surface area contributed by atoms with E-state index in [1.807, 2.05) is 53.8 Å². The second kappa shape index (κ2) is 11.1. The summed E-state index contributed by atoms with van der Waals surface area (Å²) in [5.41, 5.74) is 3.06. The van der Waals surface area contributed by atoms with Gasteiger partial charge in [-0.05, 0) is 55.3 Å². The van der Waals surface area contributed by atoms with E-state index in [2.05, 4.69) is 22.4 Å². The van der Waals surface area contributed by atoms with Gasteiger partial charge in [0.2, 0.25) is 5.91 Å². The standard InChI is InChI=1S/C26H29N3O3S2/c1-17-5-4-6-22(32-2)24(17)28-25(31)21-16-34-26(27-21)19-11-13-29(14-12-19)23(30)15-18-7-9-20(33-3)10-8-18/h4-10,16,19H,11-15H2,1-3H3,(H,28,31). The minimum atomic E-state index is -0.241. The number of rotatable bonds is 7. The first-order valence-electron chi connectivity index (χ1n) is 11.3. The van der Waals surface area contributed by atoms with Gasteiger partial charge in [0.25, 0.3) is 5.91 Å². The number of hydrogen-bond donors (Lipinski definition) is 1. The van der Waals surface area contributed by atoms with Crippen molar-refractivity contribution in [2.24, 2.45) is 0 Å². The molecule has 0 atom stereocenters. The third kappa shape index (κ3) is 5.62. The Morgan fingerprint density at radius 1 is 1.18 bits per heavy atom. The average molecular weight is 496 g/mol. The van der Waals surface area contributed by atoms with E-state index in [0.717, 1.165) is 29.0 Å². The molecule has 178 valence electrons. The Kier molecular flexibility index (Phi) is 7.90. The van der Waals surface area contributed by atoms with Gasteiger partial charge < -0.3 is 15.0 Å². The number of methoxy groups -OCH3 is 1. The number of nitrogens with zero attached hydrogens (tertiary/aromatic N) is 2. The summed E-state index contributed by atoms with van der Waals surface area (Å²) >= 11 is 3.21. The Morgan fingerprint density at radius 3 is 2.59 bits per heavy atom. The van der Waals surface area contributed by atoms with Crippen molar-refractivity contribution in [3.63, 3.8) is 0 Å². The van der Waals surface area contributed by atoms with Crippen molar-refractivity contribution in [2.75, 3.05) is 31.8 Å². The molecule has 6 nitrogen and oxygen atoms in total. The van der Waals surface area contributed by atoms with Gasteiger partial charge in [-0.3, -0.25) is 9.59 Å². The molecule has 1 aliphatic heterocycles. The Labute approximate surface area is 208 Å². The number of carbonyl (C=O) groups excluding carboxylic acids is 2. The van der Waals surface area contributed by atoms with Gasteiger partial charge in [0.1, 0.15) is 11.4 Å². The van der Waals surface area contributed by atoms with Crippen LogP contribution in [-0.2, 0) is 11.2 Å². The molecule has 1 fully saturated rings. The van der Waals surface area contributed by atoms with Crippen molar-refractivity contribution in [1.29, 1.82) is 0 Å². The monoisotopic (exact) mass is 495 g/mol. The molecule has 0 spiro atoms. The van der Waals surface area contributed by atoms with Gasteiger partial charge in [0.05, 0.1) is 24.2 Å². The number of amides is 2. The number of nitrogens with one attached hydrogen (secondary N) is 1. The lowest BCUT2D eigenvalue weighted by molar-refractivity contribution is -0.131. The van der Waals surface area contributed by atoms with E-state index in [1.54, 1.807) is 18.9 Å². The molecule has 3 aromatic rings. The summed E-state index contributed by atoms with van der Waals surface area (Å²) in [7, 11) is 1.59. The van der Waals surface area contributed by atoms with Crippen molar-refractivity contribution in [3.8, 4) is 5.75 Å². The number of hydrogen-bond acceptors (Lipinski definition) is 6. The van der Waals surface area contributed by atoms with Crippen molar-refractivity contribution >= 4 is 40.6 Å². The van der Waals surface area contributed by atoms with E-state index >= 15 is 0 Å². The number of ether oxygens (including phenoxy) is 1. The fourth-order valence-electron chi connectivity index (χ4n) is 4.13. The highest BCUT2D eigenvalue weighted by Gasteiger charge is 2.26. The first-order chi connectivity index (χ1) is 16.5. The van der Waals surface area contributed by atoms with Crippen LogP contribution in [-0.4, -0.2) is 48.2 Å². The minimum absolute atomic E-state index is 0.168. The topological polar surface area (TPSA) is 71.5 Å². The summed E-state index contributed by atoms with van der Waals surface area (Å²) in [6, 6.07) is 13.8. The lowest BCUT2D eigenvalue weighted by atomic mass is 9.97. The fourth-order valence-corrected chi connectivity index (χ4v) is 5.51. The molecular weight excluding hydrogens is 466 g/mol. The smallest absolute Gasteiger partial charge is 0.275 e. The molecule has 1 aliphatic rings. The zero-order chi connectivity index (χ0) is 24.1. The summed E-state index contributed by atoms with van der Waals surface area (Å²) in [6.45, 7) is 3.36. The van der Waals surface area contributed by atoms with Crippen LogP contribution in [0.15, 0.2) is 52.7 Å². The van der Waals surface area contributed by atoms with Crippen molar-refractivity contribution in [1.82, 2.24) is 9.88 Å². The summed E-state index contributed by atoms with van der Waals surface area (Å²) in [4.78, 5) is 33.3. The van der Waals surface area contributed by atoms with Gasteiger partial charge in [0, 0.05) is 29.3 Å². The van der Waals surface area contributed by atoms with Crippen LogP contribution in [0.4, 0.5) is 5.69 Å². The molecule has 0 radical (unpaired) electrons. The van der Waals surface area contributed by atoms with E-state index in [-0.39, 0.29) is 17.7 Å². The predicted molar refractivity (Wildman–Crippen MR) is 138 cm³/mol. The predicted octanol–water partition coefficient (Wildman–Crippen LogP) is 5.38. The second-order valence-corrected chi connectivity index (χ2v) is 10.1. The largest absolute Gasteiger partial charge is 0.495 e. The highest BCUT2D eigenvalue weighted by molar-refractivity contribution is 7.98. The maximum atomic E-state index is 12.8. The third-order valence-electron chi connectivity index (χ3n) is 6.16. The summed E-state index contributed by atoms with van der Waals surface area (Å²) < 4.78 is 5.37. The van der Waals surface area contributed by atoms with Crippen LogP contribution < -0.4 is 10.1 Å². The first kappa shape index (κ1) is 24.3. The molecule has 8 heteroatoms. The molecule has 0 aliphatic carbocycles. The Bertz CT molecular complexity index is 1150. The van der Waals surface area contributed by atoms with E-state index < -0.39 is 0 Å². The van der Waals surface area contributed by atoms with Crippen molar-refractivity contribution < 1.29 is 14.3 Å². The molecule has 4 rings (SSSR count). The Morgan fingerprint density at radius 2 is 1.91 bits per heavy atom. The van der Waals surface area contributed by atoms with Crippen LogP contribution in [0.5, 0.6) is 5.75 Å². The molecule has 2 heterocycles. The van der Waals surface area contributed by atoms with Crippen LogP contribution in [0.3, 0.4) is 0 Å². The summed E-state index contributed by atoms with van der Waals surface area (Å²) in [5.74, 6) is 0.822. The lowest BCUT2D eigenvalue weighted by Crippen LogP contribution is -2.38. The quantitative estimate of drug-likeness (QED) is 0.446. The lowest BCUT2D eigenvalue weighted by Gasteiger charge is -2.31. The maximum Gasteiger partial charge on any atom is 0.275 e. The van der Waals surface area contributed by atoms with Crippen molar-refractivity contribution in [2.45, 2.75) is 37.0 Å². The number of carbonyl (C=O) groups is 2. The number of para-hydroxylation sites is 1. The number of piperidine rings is 1. The van der Waals surface area contributed by atoms with Gasteiger partial charge in [-0.15, -0.1) is 23.1 Å². The van der Waals surface area contributed by atoms with Crippen molar-refractivity contribution in [3.05, 3.63) is 69.7 Å². The van der Waals surface area contributed by atoms with E-state index in [1.165, 1.54) is 16.2 Å². The number of aryl methyl sites for hydroxylation is 1. The van der Waals surface area contributed by atoms with Crippen LogP contribution in [0.2, 0.25) is 0 Å². The zero-order valence-electron chi connectivity index (χ0n) is 19.7. The van der Waals surface area contributed by atoms with E-state index in [4.69, 9.17) is 4.74 Å². The molecule has 1 saturated heterocycles. The highest BCUT2D eigenvalue weighted by Crippen LogP contribution is 2.32. The minimum Gasteiger partial charge on any atom is -0.495 e. The Balaban J connectivity index is 1.32. The fraction of sp³-hybridized carbons (Fsp3) is 0.346. The molecule has 1 aromatic heterocycles. The van der Waals surface area contributed by atoms with Gasteiger partial charge in [-0.2, -0.15) is 0 Å². The van der Waals surface area contributed by atoms with Crippen LogP contribution in [0, 0.1) is 6.92 Å². The normalized spacial score (nSPS) is 14.1. The number of benzene rings is 2. The molecular formula is C26H29N3O3S2. The second-order valence-electron chi connectivity index (χ2n) is 8.36. The molecule has 34 heavy (non-hydrogen) atoms. The summed E-state index contributed by atoms with van der Waals surface area (Å²) in [6.07, 6.45) is 4.20. The van der Waals surface area contributed by atoms with Gasteiger partial charge >= 0.3 is 0 Å². The van der Waals surface area contributed by atoms with E-state index in [9.17, 15) is 9.59 Å². The average Bonchev–Trinajstić information content (AvgIpc) is 3.36. The zero-order valence-corrected chi connectivity index (χ0v) is 21.3. The van der Waals surface area contributed by atoms with Gasteiger partial charge in [-0.1, -0.05) is 24.3 Å². The molecule has 0 bridgehead atoms. The third-order valence-corrected chi connectivity index (χ3v) is 7.91. The molecule has 2 aromatic carbocycles. The first-order valence-corrected chi connectivity index (χ1v) is 13.4.